The van der Waals surface area contributed by atoms with Gasteiger partial charge in [0.25, 0.3) is 5.91 Å². The third-order valence-electron chi connectivity index (χ3n) is 3.34. The molecule has 0 bridgehead atoms. The van der Waals surface area contributed by atoms with Gasteiger partial charge in [0.1, 0.15) is 23.6 Å². The van der Waals surface area contributed by atoms with Crippen LogP contribution in [0.4, 0.5) is 13.2 Å². The van der Waals surface area contributed by atoms with Gasteiger partial charge in [0.2, 0.25) is 5.88 Å². The summed E-state index contributed by atoms with van der Waals surface area (Å²) in [6, 6.07) is 7.41. The number of sulfone groups is 1. The Labute approximate surface area is 165 Å². The Hall–Kier alpha value is -2.95. The topological polar surface area (TPSA) is 98.2 Å². The van der Waals surface area contributed by atoms with Crippen LogP contribution in [-0.2, 0) is 16.3 Å². The molecule has 7 nitrogen and oxygen atoms in total. The van der Waals surface area contributed by atoms with E-state index in [-0.39, 0.29) is 17.2 Å². The molecular formula is C18H18F3N3O4S. The van der Waals surface area contributed by atoms with Crippen molar-refractivity contribution in [3.63, 3.8) is 0 Å². The first-order valence-corrected chi connectivity index (χ1v) is 10.2. The number of halogens is 3. The van der Waals surface area contributed by atoms with E-state index in [4.69, 9.17) is 4.74 Å². The van der Waals surface area contributed by atoms with Crippen molar-refractivity contribution in [1.29, 1.82) is 0 Å². The fraction of sp³-hybridized carbons (Fsp3) is 0.278. The molecule has 1 amide bonds. The van der Waals surface area contributed by atoms with Crippen molar-refractivity contribution >= 4 is 15.7 Å². The molecule has 0 aliphatic heterocycles. The average Bonchev–Trinajstić information content (AvgIpc) is 2.59. The minimum atomic E-state index is -4.53. The van der Waals surface area contributed by atoms with Gasteiger partial charge in [-0.25, -0.2) is 13.4 Å². The van der Waals surface area contributed by atoms with E-state index >= 15 is 0 Å². The lowest BCUT2D eigenvalue weighted by atomic mass is 10.2. The van der Waals surface area contributed by atoms with Gasteiger partial charge in [-0.1, -0.05) is 24.3 Å². The highest BCUT2D eigenvalue weighted by molar-refractivity contribution is 7.93. The quantitative estimate of drug-likeness (QED) is 0.727. The van der Waals surface area contributed by atoms with Gasteiger partial charge in [0, 0.05) is 23.9 Å². The molecule has 1 heterocycles. The zero-order valence-electron chi connectivity index (χ0n) is 15.5. The fourth-order valence-electron chi connectivity index (χ4n) is 2.09. The predicted molar refractivity (Wildman–Crippen MR) is 99.2 cm³/mol. The van der Waals surface area contributed by atoms with Crippen LogP contribution in [-0.4, -0.2) is 42.8 Å². The molecule has 2 aromatic rings. The molecule has 0 saturated heterocycles. The molecule has 0 aliphatic rings. The Morgan fingerprint density at radius 2 is 1.93 bits per heavy atom. The molecule has 0 aliphatic carbocycles. The lowest BCUT2D eigenvalue weighted by Gasteiger charge is -2.14. The van der Waals surface area contributed by atoms with E-state index in [1.807, 2.05) is 0 Å². The van der Waals surface area contributed by atoms with Crippen LogP contribution in [0.25, 0.3) is 0 Å². The van der Waals surface area contributed by atoms with Crippen molar-refractivity contribution in [2.45, 2.75) is 25.6 Å². The molecule has 1 aromatic heterocycles. The van der Waals surface area contributed by atoms with E-state index in [2.05, 4.69) is 15.3 Å². The van der Waals surface area contributed by atoms with Crippen LogP contribution in [0.2, 0.25) is 0 Å². The number of hydrogen-bond acceptors (Lipinski definition) is 6. The maximum atomic E-state index is 12.7. The highest BCUT2D eigenvalue weighted by atomic mass is 32.2. The Balaban J connectivity index is 2.31. The van der Waals surface area contributed by atoms with E-state index in [0.717, 1.165) is 17.9 Å². The second kappa shape index (κ2) is 9.03. The normalized spacial score (nSPS) is 13.3. The number of amides is 1. The van der Waals surface area contributed by atoms with E-state index in [9.17, 15) is 26.4 Å². The minimum absolute atomic E-state index is 0.195. The van der Waals surface area contributed by atoms with Gasteiger partial charge in [-0.2, -0.15) is 18.2 Å². The van der Waals surface area contributed by atoms with E-state index in [1.54, 1.807) is 30.3 Å². The van der Waals surface area contributed by atoms with Gasteiger partial charge in [-0.05, 0) is 19.1 Å². The van der Waals surface area contributed by atoms with Crippen LogP contribution in [0.15, 0.2) is 48.0 Å². The first-order chi connectivity index (χ1) is 13.4. The largest absolute Gasteiger partial charge is 0.438 e. The van der Waals surface area contributed by atoms with Crippen LogP contribution in [0.5, 0.6) is 11.6 Å². The predicted octanol–water partition coefficient (Wildman–Crippen LogP) is 3.05. The third kappa shape index (κ3) is 7.90. The van der Waals surface area contributed by atoms with Crippen LogP contribution >= 0.6 is 0 Å². The van der Waals surface area contributed by atoms with Gasteiger partial charge in [0.15, 0.2) is 9.84 Å². The number of benzene rings is 1. The number of hydrogen-bond donors (Lipinski definition) is 1. The lowest BCUT2D eigenvalue weighted by molar-refractivity contribution is -0.128. The molecule has 0 unspecified atom stereocenters. The number of nitrogens with zero attached hydrogens (tertiary/aromatic N) is 2. The van der Waals surface area contributed by atoms with E-state index in [0.29, 0.717) is 0 Å². The number of carbonyl (C=O) groups excluding carboxylic acids is 1. The first-order valence-electron chi connectivity index (χ1n) is 8.27. The second-order valence-electron chi connectivity index (χ2n) is 6.13. The summed E-state index contributed by atoms with van der Waals surface area (Å²) >= 11 is 0. The maximum Gasteiger partial charge on any atom is 0.396 e. The summed E-state index contributed by atoms with van der Waals surface area (Å²) in [5, 5.41) is 3.42. The molecule has 1 atom stereocenters. The standard InChI is InChI=1S/C18H18F3N3O4S/c1-12(8-9-29(2,26)27)23-16(25)14-11-22-15(10-18(19,20)21)24-17(14)28-13-6-4-3-5-7-13/h3-9,11-12H,10H2,1-2H3,(H,23,25)/b9-8+/t12-/m0/s1. The van der Waals surface area contributed by atoms with Crippen LogP contribution in [0.1, 0.15) is 23.1 Å². The van der Waals surface area contributed by atoms with Gasteiger partial charge in [-0.3, -0.25) is 4.79 Å². The van der Waals surface area contributed by atoms with Crippen molar-refractivity contribution in [3.8, 4) is 11.6 Å². The van der Waals surface area contributed by atoms with Crippen molar-refractivity contribution in [3.05, 3.63) is 59.4 Å². The molecule has 0 fully saturated rings. The molecule has 0 radical (unpaired) electrons. The second-order valence-corrected chi connectivity index (χ2v) is 8.06. The SMILES string of the molecule is C[C@@H](/C=C/S(C)(=O)=O)NC(=O)c1cnc(CC(F)(F)F)nc1Oc1ccccc1. The van der Waals surface area contributed by atoms with Crippen LogP contribution in [0, 0.1) is 0 Å². The summed E-state index contributed by atoms with van der Waals surface area (Å²) in [6.07, 6.45) is -2.72. The highest BCUT2D eigenvalue weighted by Gasteiger charge is 2.30. The monoisotopic (exact) mass is 429 g/mol. The number of nitrogens with one attached hydrogen (secondary N) is 1. The smallest absolute Gasteiger partial charge is 0.396 e. The van der Waals surface area contributed by atoms with Crippen LogP contribution < -0.4 is 10.1 Å². The Morgan fingerprint density at radius 3 is 2.52 bits per heavy atom. The summed E-state index contributed by atoms with van der Waals surface area (Å²) in [5.74, 6) is -1.37. The maximum absolute atomic E-state index is 12.7. The number of aromatic nitrogens is 2. The minimum Gasteiger partial charge on any atom is -0.438 e. The molecule has 2 rings (SSSR count). The highest BCUT2D eigenvalue weighted by Crippen LogP contribution is 2.25. The Kier molecular flexibility index (Phi) is 6.96. The number of carbonyl (C=O) groups is 1. The molecule has 0 spiro atoms. The summed E-state index contributed by atoms with van der Waals surface area (Å²) in [7, 11) is -3.38. The molecule has 0 saturated carbocycles. The van der Waals surface area contributed by atoms with Gasteiger partial charge >= 0.3 is 6.18 Å². The molecule has 1 N–H and O–H groups in total. The fourth-order valence-corrected chi connectivity index (χ4v) is 2.61. The Morgan fingerprint density at radius 1 is 1.28 bits per heavy atom. The molecular weight excluding hydrogens is 411 g/mol. The number of alkyl halides is 3. The van der Waals surface area contributed by atoms with Gasteiger partial charge in [0.05, 0.1) is 0 Å². The summed E-state index contributed by atoms with van der Waals surface area (Å²) in [6.45, 7) is 1.52. The average molecular weight is 429 g/mol. The van der Waals surface area contributed by atoms with E-state index < -0.39 is 40.2 Å². The first kappa shape index (κ1) is 22.3. The van der Waals surface area contributed by atoms with E-state index in [1.165, 1.54) is 13.0 Å². The molecule has 29 heavy (non-hydrogen) atoms. The lowest BCUT2D eigenvalue weighted by Crippen LogP contribution is -2.32. The third-order valence-corrected chi connectivity index (χ3v) is 3.99. The molecule has 156 valence electrons. The van der Waals surface area contributed by atoms with Crippen molar-refractivity contribution < 1.29 is 31.1 Å². The molecule has 11 heteroatoms. The molecule has 1 aromatic carbocycles. The number of ether oxygens (including phenoxy) is 1. The summed E-state index contributed by atoms with van der Waals surface area (Å²) in [4.78, 5) is 19.8. The van der Waals surface area contributed by atoms with Crippen molar-refractivity contribution in [2.75, 3.05) is 6.26 Å². The zero-order chi connectivity index (χ0) is 21.7. The Bertz CT molecular complexity index is 993. The van der Waals surface area contributed by atoms with Crippen molar-refractivity contribution in [1.82, 2.24) is 15.3 Å². The number of para-hydroxylation sites is 1. The van der Waals surface area contributed by atoms with Gasteiger partial charge < -0.3 is 10.1 Å². The number of rotatable bonds is 7. The summed E-state index contributed by atoms with van der Waals surface area (Å²) < 4.78 is 65.8. The van der Waals surface area contributed by atoms with Crippen molar-refractivity contribution in [2.24, 2.45) is 0 Å². The zero-order valence-corrected chi connectivity index (χ0v) is 16.3. The van der Waals surface area contributed by atoms with Crippen LogP contribution in [0.3, 0.4) is 0 Å². The van der Waals surface area contributed by atoms with Gasteiger partial charge in [-0.15, -0.1) is 0 Å². The summed E-state index contributed by atoms with van der Waals surface area (Å²) in [5.41, 5.74) is -0.195.